The summed E-state index contributed by atoms with van der Waals surface area (Å²) in [6.45, 7) is -1.98. The van der Waals surface area contributed by atoms with E-state index in [4.69, 9.17) is 5.73 Å². The van der Waals surface area contributed by atoms with E-state index >= 15 is 0 Å². The molecule has 1 aromatic heterocycles. The van der Waals surface area contributed by atoms with Crippen LogP contribution < -0.4 is 5.73 Å². The summed E-state index contributed by atoms with van der Waals surface area (Å²) in [5.74, 6) is -0.714. The smallest absolute Gasteiger partial charge is 0.319 e. The fourth-order valence-corrected chi connectivity index (χ4v) is 3.20. The van der Waals surface area contributed by atoms with Gasteiger partial charge in [-0.2, -0.15) is 8.78 Å². The van der Waals surface area contributed by atoms with Crippen LogP contribution in [0.3, 0.4) is 0 Å². The number of carbonyl (C=O) groups is 2. The van der Waals surface area contributed by atoms with Crippen molar-refractivity contribution in [2.24, 2.45) is 11.7 Å². The summed E-state index contributed by atoms with van der Waals surface area (Å²) in [6, 6.07) is 7.73. The van der Waals surface area contributed by atoms with E-state index in [0.717, 1.165) is 23.7 Å². The Balaban J connectivity index is 1.64. The predicted octanol–water partition coefficient (Wildman–Crippen LogP) is 2.01. The average molecular weight is 362 g/mol. The average Bonchev–Trinajstić information content (AvgIpc) is 3.13. The van der Waals surface area contributed by atoms with Gasteiger partial charge in [0.05, 0.1) is 12.9 Å². The molecule has 1 aliphatic rings. The summed E-state index contributed by atoms with van der Waals surface area (Å²) in [4.78, 5) is 30.0. The number of nitrogens with zero attached hydrogens (tertiary/aromatic N) is 3. The van der Waals surface area contributed by atoms with Gasteiger partial charge in [-0.1, -0.05) is 24.3 Å². The van der Waals surface area contributed by atoms with E-state index in [1.54, 1.807) is 0 Å². The van der Waals surface area contributed by atoms with Gasteiger partial charge in [0, 0.05) is 25.2 Å². The van der Waals surface area contributed by atoms with Gasteiger partial charge in [0.1, 0.15) is 5.69 Å². The summed E-state index contributed by atoms with van der Waals surface area (Å²) in [5, 5.41) is 0. The van der Waals surface area contributed by atoms with Crippen LogP contribution in [0.15, 0.2) is 36.8 Å². The fourth-order valence-electron chi connectivity index (χ4n) is 3.20. The lowest BCUT2D eigenvalue weighted by Crippen LogP contribution is -2.45. The van der Waals surface area contributed by atoms with E-state index in [2.05, 4.69) is 4.98 Å². The molecule has 2 N–H and O–H groups in total. The first-order valence-electron chi connectivity index (χ1n) is 8.40. The zero-order valence-electron chi connectivity index (χ0n) is 14.1. The minimum atomic E-state index is -2.75. The number of ketones is 1. The lowest BCUT2D eigenvalue weighted by Gasteiger charge is -2.30. The number of hydrogen-bond donors (Lipinski definition) is 1. The van der Waals surface area contributed by atoms with Gasteiger partial charge in [-0.05, 0) is 24.0 Å². The molecular formula is C18H20F2N4O2. The van der Waals surface area contributed by atoms with Crippen molar-refractivity contribution in [2.75, 3.05) is 13.1 Å². The molecule has 8 heteroatoms. The van der Waals surface area contributed by atoms with Crippen molar-refractivity contribution in [3.63, 3.8) is 0 Å². The first kappa shape index (κ1) is 18.2. The monoisotopic (exact) mass is 362 g/mol. The minimum absolute atomic E-state index is 0.0319. The maximum absolute atomic E-state index is 12.6. The SMILES string of the molecule is NCc1ccccc1CC1CCN(C(=O)c2cn(C(F)F)cn2)CC1=O. The summed E-state index contributed by atoms with van der Waals surface area (Å²) in [7, 11) is 0. The van der Waals surface area contributed by atoms with E-state index in [9.17, 15) is 18.4 Å². The highest BCUT2D eigenvalue weighted by atomic mass is 19.3. The van der Waals surface area contributed by atoms with Gasteiger partial charge in [0.15, 0.2) is 5.78 Å². The van der Waals surface area contributed by atoms with Crippen molar-refractivity contribution < 1.29 is 18.4 Å². The lowest BCUT2D eigenvalue weighted by molar-refractivity contribution is -0.125. The van der Waals surface area contributed by atoms with Crippen LogP contribution in [0.5, 0.6) is 0 Å². The number of imidazole rings is 1. The van der Waals surface area contributed by atoms with Gasteiger partial charge in [-0.3, -0.25) is 14.2 Å². The number of alkyl halides is 2. The Morgan fingerprint density at radius 3 is 2.65 bits per heavy atom. The molecule has 3 rings (SSSR count). The molecular weight excluding hydrogens is 342 g/mol. The summed E-state index contributed by atoms with van der Waals surface area (Å²) >= 11 is 0. The van der Waals surface area contributed by atoms with Crippen LogP contribution >= 0.6 is 0 Å². The third-order valence-corrected chi connectivity index (χ3v) is 4.69. The van der Waals surface area contributed by atoms with Crippen LogP contribution in [0.2, 0.25) is 0 Å². The van der Waals surface area contributed by atoms with Gasteiger partial charge in [-0.15, -0.1) is 0 Å². The Morgan fingerprint density at radius 1 is 1.31 bits per heavy atom. The van der Waals surface area contributed by atoms with Crippen LogP contribution in [0.1, 0.15) is 34.6 Å². The summed E-state index contributed by atoms with van der Waals surface area (Å²) in [6.07, 6.45) is 3.03. The van der Waals surface area contributed by atoms with Crippen molar-refractivity contribution in [2.45, 2.75) is 25.9 Å². The Morgan fingerprint density at radius 2 is 2.04 bits per heavy atom. The molecule has 1 aromatic carbocycles. The first-order chi connectivity index (χ1) is 12.5. The molecule has 0 bridgehead atoms. The second kappa shape index (κ2) is 7.74. The zero-order valence-corrected chi connectivity index (χ0v) is 14.1. The van der Waals surface area contributed by atoms with Gasteiger partial charge in [-0.25, -0.2) is 4.98 Å². The van der Waals surface area contributed by atoms with E-state index in [0.29, 0.717) is 30.5 Å². The largest absolute Gasteiger partial charge is 0.330 e. The molecule has 1 unspecified atom stereocenters. The molecule has 6 nitrogen and oxygen atoms in total. The van der Waals surface area contributed by atoms with Crippen molar-refractivity contribution in [1.82, 2.24) is 14.5 Å². The molecule has 138 valence electrons. The van der Waals surface area contributed by atoms with Gasteiger partial charge in [0.2, 0.25) is 0 Å². The Hall–Kier alpha value is -2.61. The van der Waals surface area contributed by atoms with Crippen molar-refractivity contribution in [1.29, 1.82) is 0 Å². The molecule has 1 amide bonds. The van der Waals surface area contributed by atoms with E-state index in [-0.39, 0.29) is 23.9 Å². The second-order valence-corrected chi connectivity index (χ2v) is 6.34. The van der Waals surface area contributed by atoms with E-state index in [1.165, 1.54) is 4.90 Å². The molecule has 0 spiro atoms. The number of aromatic nitrogens is 2. The number of hydrogen-bond acceptors (Lipinski definition) is 4. The maximum atomic E-state index is 12.6. The number of piperidine rings is 1. The number of Topliss-reactive ketones (excluding diaryl/α,β-unsaturated/α-hetero) is 1. The Kier molecular flexibility index (Phi) is 5.41. The predicted molar refractivity (Wildman–Crippen MR) is 90.5 cm³/mol. The van der Waals surface area contributed by atoms with Crippen LogP contribution in [0.25, 0.3) is 0 Å². The molecule has 2 heterocycles. The highest BCUT2D eigenvalue weighted by Crippen LogP contribution is 2.22. The van der Waals surface area contributed by atoms with Crippen LogP contribution in [-0.4, -0.2) is 39.2 Å². The standard InChI is InChI=1S/C18H20F2N4O2/c19-18(20)24-9-15(22-11-24)17(26)23-6-5-13(16(25)10-23)7-12-3-1-2-4-14(12)8-21/h1-4,9,11,13,18H,5-8,10,21H2. The molecule has 1 saturated heterocycles. The second-order valence-electron chi connectivity index (χ2n) is 6.34. The highest BCUT2D eigenvalue weighted by molar-refractivity contribution is 5.96. The molecule has 1 fully saturated rings. The Labute approximate surface area is 149 Å². The van der Waals surface area contributed by atoms with Crippen LogP contribution in [0, 0.1) is 5.92 Å². The first-order valence-corrected chi connectivity index (χ1v) is 8.40. The van der Waals surface area contributed by atoms with E-state index < -0.39 is 12.5 Å². The lowest BCUT2D eigenvalue weighted by atomic mass is 9.87. The normalized spacial score (nSPS) is 17.8. The minimum Gasteiger partial charge on any atom is -0.330 e. The summed E-state index contributed by atoms with van der Waals surface area (Å²) < 4.78 is 25.8. The fraction of sp³-hybridized carbons (Fsp3) is 0.389. The number of benzene rings is 1. The van der Waals surface area contributed by atoms with Gasteiger partial charge >= 0.3 is 6.55 Å². The van der Waals surface area contributed by atoms with Crippen molar-refractivity contribution in [3.05, 3.63) is 53.6 Å². The molecule has 0 radical (unpaired) electrons. The zero-order chi connectivity index (χ0) is 18.7. The third kappa shape index (κ3) is 3.80. The van der Waals surface area contributed by atoms with Gasteiger partial charge < -0.3 is 10.6 Å². The van der Waals surface area contributed by atoms with Gasteiger partial charge in [0.25, 0.3) is 5.91 Å². The number of halogens is 2. The number of nitrogens with two attached hydrogens (primary N) is 1. The number of amides is 1. The molecule has 1 aliphatic heterocycles. The third-order valence-electron chi connectivity index (χ3n) is 4.69. The van der Waals surface area contributed by atoms with Crippen LogP contribution in [-0.2, 0) is 17.8 Å². The Bertz CT molecular complexity index is 806. The molecule has 0 aliphatic carbocycles. The van der Waals surface area contributed by atoms with E-state index in [1.807, 2.05) is 24.3 Å². The van der Waals surface area contributed by atoms with Crippen molar-refractivity contribution in [3.8, 4) is 0 Å². The highest BCUT2D eigenvalue weighted by Gasteiger charge is 2.31. The maximum Gasteiger partial charge on any atom is 0.319 e. The van der Waals surface area contributed by atoms with Crippen LogP contribution in [0.4, 0.5) is 8.78 Å². The molecule has 0 saturated carbocycles. The summed E-state index contributed by atoms with van der Waals surface area (Å²) in [5.41, 5.74) is 7.72. The topological polar surface area (TPSA) is 81.2 Å². The molecule has 2 aromatic rings. The number of rotatable bonds is 5. The molecule has 26 heavy (non-hydrogen) atoms. The molecule has 1 atom stereocenters. The van der Waals surface area contributed by atoms with Crippen molar-refractivity contribution >= 4 is 11.7 Å². The number of carbonyl (C=O) groups excluding carboxylic acids is 2. The number of likely N-dealkylation sites (tertiary alicyclic amines) is 1. The quantitative estimate of drug-likeness (QED) is 0.882.